The third-order valence-corrected chi connectivity index (χ3v) is 6.55. The number of rotatable bonds is 7. The second-order valence-electron chi connectivity index (χ2n) is 8.65. The van der Waals surface area contributed by atoms with Crippen LogP contribution in [0.15, 0.2) is 30.6 Å². The lowest BCUT2D eigenvalue weighted by Crippen LogP contribution is -2.34. The van der Waals surface area contributed by atoms with Gasteiger partial charge in [-0.15, -0.1) is 5.10 Å². The highest BCUT2D eigenvalue weighted by Crippen LogP contribution is 2.38. The van der Waals surface area contributed by atoms with Gasteiger partial charge in [-0.05, 0) is 63.3 Å². The molecule has 0 saturated heterocycles. The van der Waals surface area contributed by atoms with E-state index in [2.05, 4.69) is 39.5 Å². The molecule has 1 unspecified atom stereocenters. The molecule has 0 aromatic carbocycles. The van der Waals surface area contributed by atoms with Crippen LogP contribution in [-0.2, 0) is 9.47 Å². The number of fused-ring (bicyclic) bond motifs is 1. The average molecular weight is 424 g/mol. The van der Waals surface area contributed by atoms with Crippen LogP contribution in [0.3, 0.4) is 0 Å². The molecule has 1 atom stereocenters. The second-order valence-corrected chi connectivity index (χ2v) is 8.65. The number of nitrogens with zero attached hydrogens (tertiary/aromatic N) is 5. The molecule has 0 aliphatic heterocycles. The molecular formula is C24H33N5O2. The van der Waals surface area contributed by atoms with Crippen molar-refractivity contribution in [3.8, 4) is 11.1 Å². The first-order valence-electron chi connectivity index (χ1n) is 11.1. The van der Waals surface area contributed by atoms with Gasteiger partial charge in [0.25, 0.3) is 0 Å². The molecule has 0 radical (unpaired) electrons. The second kappa shape index (κ2) is 9.32. The zero-order valence-electron chi connectivity index (χ0n) is 19.2. The molecule has 3 heterocycles. The van der Waals surface area contributed by atoms with Crippen LogP contribution in [-0.4, -0.2) is 59.6 Å². The molecule has 0 spiro atoms. The summed E-state index contributed by atoms with van der Waals surface area (Å²) >= 11 is 0. The fraction of sp³-hybridized carbons (Fsp3) is 0.542. The summed E-state index contributed by atoms with van der Waals surface area (Å²) in [6.45, 7) is 4.76. The van der Waals surface area contributed by atoms with Gasteiger partial charge in [0.2, 0.25) is 5.95 Å². The van der Waals surface area contributed by atoms with Crippen LogP contribution in [0.5, 0.6) is 0 Å². The number of aryl methyl sites for hydroxylation is 1. The van der Waals surface area contributed by atoms with Crippen LogP contribution < -0.4 is 4.90 Å². The summed E-state index contributed by atoms with van der Waals surface area (Å²) in [5, 5.41) is 4.99. The lowest BCUT2D eigenvalue weighted by molar-refractivity contribution is 0.0653. The van der Waals surface area contributed by atoms with E-state index >= 15 is 0 Å². The van der Waals surface area contributed by atoms with Gasteiger partial charge in [0.05, 0.1) is 30.5 Å². The standard InChI is InChI=1S/C24H33N5O2/c1-16-12-19(10-11-25-16)21-13-22(18-6-8-20(31-5)9-7-18)29-23(21)14-26-24(27-29)28(3)17(2)15-30-4/h10-14,17-18,20H,6-9,15H2,1-5H3. The van der Waals surface area contributed by atoms with Crippen molar-refractivity contribution < 1.29 is 9.47 Å². The van der Waals surface area contributed by atoms with Gasteiger partial charge in [0.15, 0.2) is 0 Å². The highest BCUT2D eigenvalue weighted by molar-refractivity contribution is 5.81. The molecule has 1 aliphatic carbocycles. The number of aromatic nitrogens is 4. The average Bonchev–Trinajstić information content (AvgIpc) is 3.17. The fourth-order valence-corrected chi connectivity index (χ4v) is 4.55. The maximum absolute atomic E-state index is 5.59. The van der Waals surface area contributed by atoms with E-state index in [4.69, 9.17) is 19.6 Å². The zero-order chi connectivity index (χ0) is 22.0. The Bertz CT molecular complexity index is 1030. The molecule has 1 fully saturated rings. The Labute approximate surface area is 184 Å². The summed E-state index contributed by atoms with van der Waals surface area (Å²) in [4.78, 5) is 11.1. The molecule has 3 aromatic heterocycles. The maximum atomic E-state index is 5.59. The summed E-state index contributed by atoms with van der Waals surface area (Å²) in [6, 6.07) is 6.68. The summed E-state index contributed by atoms with van der Waals surface area (Å²) in [5.41, 5.74) is 5.61. The summed E-state index contributed by atoms with van der Waals surface area (Å²) in [6.07, 6.45) is 8.57. The van der Waals surface area contributed by atoms with E-state index in [1.807, 2.05) is 33.5 Å². The predicted octanol–water partition coefficient (Wildman–Crippen LogP) is 4.24. The van der Waals surface area contributed by atoms with E-state index in [-0.39, 0.29) is 6.04 Å². The van der Waals surface area contributed by atoms with Gasteiger partial charge < -0.3 is 14.4 Å². The molecule has 31 heavy (non-hydrogen) atoms. The number of hydrogen-bond donors (Lipinski definition) is 0. The number of hydrogen-bond acceptors (Lipinski definition) is 6. The van der Waals surface area contributed by atoms with Crippen molar-refractivity contribution >= 4 is 11.5 Å². The van der Waals surface area contributed by atoms with E-state index in [0.29, 0.717) is 24.6 Å². The Kier molecular flexibility index (Phi) is 6.53. The van der Waals surface area contributed by atoms with Crippen LogP contribution >= 0.6 is 0 Å². The molecule has 4 rings (SSSR count). The molecule has 1 aliphatic rings. The van der Waals surface area contributed by atoms with Crippen molar-refractivity contribution in [1.29, 1.82) is 0 Å². The van der Waals surface area contributed by atoms with Crippen molar-refractivity contribution in [2.75, 3.05) is 32.8 Å². The molecule has 7 nitrogen and oxygen atoms in total. The Morgan fingerprint density at radius 2 is 1.94 bits per heavy atom. The number of ether oxygens (including phenoxy) is 2. The van der Waals surface area contributed by atoms with Gasteiger partial charge >= 0.3 is 0 Å². The highest BCUT2D eigenvalue weighted by Gasteiger charge is 2.27. The molecule has 1 saturated carbocycles. The Hall–Kier alpha value is -2.51. The first-order chi connectivity index (χ1) is 15.0. The molecule has 166 valence electrons. The van der Waals surface area contributed by atoms with Gasteiger partial charge in [0, 0.05) is 50.3 Å². The first-order valence-corrected chi connectivity index (χ1v) is 11.1. The van der Waals surface area contributed by atoms with E-state index in [0.717, 1.165) is 48.0 Å². The van der Waals surface area contributed by atoms with Gasteiger partial charge in [0.1, 0.15) is 0 Å². The number of methoxy groups -OCH3 is 2. The Balaban J connectivity index is 1.79. The highest BCUT2D eigenvalue weighted by atomic mass is 16.5. The lowest BCUT2D eigenvalue weighted by Gasteiger charge is -2.28. The van der Waals surface area contributed by atoms with E-state index in [9.17, 15) is 0 Å². The smallest absolute Gasteiger partial charge is 0.243 e. The van der Waals surface area contributed by atoms with Crippen molar-refractivity contribution in [3.63, 3.8) is 0 Å². The first kappa shape index (κ1) is 21.7. The molecule has 0 bridgehead atoms. The number of anilines is 1. The Morgan fingerprint density at radius 3 is 2.61 bits per heavy atom. The minimum absolute atomic E-state index is 0.181. The van der Waals surface area contributed by atoms with Gasteiger partial charge in [-0.3, -0.25) is 4.98 Å². The van der Waals surface area contributed by atoms with Crippen LogP contribution in [0, 0.1) is 6.92 Å². The van der Waals surface area contributed by atoms with Crippen molar-refractivity contribution in [2.24, 2.45) is 0 Å². The maximum Gasteiger partial charge on any atom is 0.243 e. The van der Waals surface area contributed by atoms with Crippen molar-refractivity contribution in [1.82, 2.24) is 19.6 Å². The third-order valence-electron chi connectivity index (χ3n) is 6.55. The monoisotopic (exact) mass is 423 g/mol. The van der Waals surface area contributed by atoms with E-state index in [1.165, 1.54) is 5.69 Å². The van der Waals surface area contributed by atoms with E-state index in [1.54, 1.807) is 7.11 Å². The zero-order valence-corrected chi connectivity index (χ0v) is 19.2. The third kappa shape index (κ3) is 4.43. The van der Waals surface area contributed by atoms with Crippen molar-refractivity contribution in [3.05, 3.63) is 42.0 Å². The molecule has 0 amide bonds. The number of pyridine rings is 1. The minimum atomic E-state index is 0.181. The lowest BCUT2D eigenvalue weighted by atomic mass is 9.85. The van der Waals surface area contributed by atoms with Crippen LogP contribution in [0.1, 0.15) is 49.9 Å². The Morgan fingerprint density at radius 1 is 1.16 bits per heavy atom. The number of likely N-dealkylation sites (N-methyl/N-ethyl adjacent to an activating group) is 1. The quantitative estimate of drug-likeness (QED) is 0.566. The largest absolute Gasteiger partial charge is 0.383 e. The normalized spacial score (nSPS) is 20.2. The molecule has 0 N–H and O–H groups in total. The summed E-state index contributed by atoms with van der Waals surface area (Å²) in [5.74, 6) is 1.16. The molecular weight excluding hydrogens is 390 g/mol. The summed E-state index contributed by atoms with van der Waals surface area (Å²) in [7, 11) is 5.56. The van der Waals surface area contributed by atoms with Gasteiger partial charge in [-0.2, -0.15) is 0 Å². The SMILES string of the molecule is COCC(C)N(C)c1ncc2c(-c3ccnc(C)c3)cc(C3CCC(OC)CC3)n2n1. The summed E-state index contributed by atoms with van der Waals surface area (Å²) < 4.78 is 13.0. The van der Waals surface area contributed by atoms with Crippen LogP contribution in [0.25, 0.3) is 16.6 Å². The molecule has 3 aromatic rings. The fourth-order valence-electron chi connectivity index (χ4n) is 4.55. The predicted molar refractivity (Wildman–Crippen MR) is 123 cm³/mol. The molecule has 7 heteroatoms. The van der Waals surface area contributed by atoms with Crippen molar-refractivity contribution in [2.45, 2.75) is 57.6 Å². The van der Waals surface area contributed by atoms with Crippen LogP contribution in [0.4, 0.5) is 5.95 Å². The van der Waals surface area contributed by atoms with Gasteiger partial charge in [-0.25, -0.2) is 9.50 Å². The van der Waals surface area contributed by atoms with Gasteiger partial charge in [-0.1, -0.05) is 0 Å². The minimum Gasteiger partial charge on any atom is -0.383 e. The van der Waals surface area contributed by atoms with E-state index < -0.39 is 0 Å². The topological polar surface area (TPSA) is 64.8 Å². The van der Waals surface area contributed by atoms with Crippen LogP contribution in [0.2, 0.25) is 0 Å².